The molecule has 138 valence electrons. The number of carbonyl (C=O) groups is 2. The molecule has 4 heteroatoms. The van der Waals surface area contributed by atoms with E-state index in [1.165, 1.54) is 5.57 Å². The zero-order valence-electron chi connectivity index (χ0n) is 15.5. The van der Waals surface area contributed by atoms with Gasteiger partial charge in [0.2, 0.25) is 0 Å². The first-order valence-corrected chi connectivity index (χ1v) is 9.77. The lowest BCUT2D eigenvalue weighted by Gasteiger charge is -2.59. The van der Waals surface area contributed by atoms with Crippen LogP contribution in [-0.2, 0) is 9.59 Å². The van der Waals surface area contributed by atoms with Gasteiger partial charge in [-0.15, -0.1) is 0 Å². The van der Waals surface area contributed by atoms with Crippen LogP contribution in [-0.4, -0.2) is 34.0 Å². The predicted octanol–water partition coefficient (Wildman–Crippen LogP) is 2.67. The van der Waals surface area contributed by atoms with E-state index in [9.17, 15) is 19.8 Å². The van der Waals surface area contributed by atoms with E-state index in [1.807, 2.05) is 6.92 Å². The average Bonchev–Trinajstić information content (AvgIpc) is 2.82. The van der Waals surface area contributed by atoms with Crippen molar-refractivity contribution in [1.29, 1.82) is 0 Å². The minimum atomic E-state index is -0.571. The van der Waals surface area contributed by atoms with Crippen molar-refractivity contribution in [3.63, 3.8) is 0 Å². The van der Waals surface area contributed by atoms with E-state index >= 15 is 0 Å². The van der Waals surface area contributed by atoms with Crippen molar-refractivity contribution in [3.8, 4) is 0 Å². The van der Waals surface area contributed by atoms with Crippen LogP contribution < -0.4 is 0 Å². The molecular weight excluding hydrogens is 316 g/mol. The first-order chi connectivity index (χ1) is 11.7. The van der Waals surface area contributed by atoms with Gasteiger partial charge in [-0.25, -0.2) is 0 Å². The van der Waals surface area contributed by atoms with Crippen LogP contribution in [0.2, 0.25) is 0 Å². The van der Waals surface area contributed by atoms with Crippen LogP contribution in [0.4, 0.5) is 0 Å². The van der Waals surface area contributed by atoms with E-state index in [-0.39, 0.29) is 34.9 Å². The Hall–Kier alpha value is -1.00. The molecule has 0 aromatic heterocycles. The molecule has 25 heavy (non-hydrogen) atoms. The van der Waals surface area contributed by atoms with Gasteiger partial charge in [0, 0.05) is 24.2 Å². The molecule has 0 amide bonds. The Bertz CT molecular complexity index is 652. The highest BCUT2D eigenvalue weighted by molar-refractivity contribution is 5.83. The van der Waals surface area contributed by atoms with Crippen LogP contribution in [0.15, 0.2) is 11.6 Å². The summed E-state index contributed by atoms with van der Waals surface area (Å²) >= 11 is 0. The summed E-state index contributed by atoms with van der Waals surface area (Å²) in [6.45, 7) is 5.87. The van der Waals surface area contributed by atoms with Gasteiger partial charge in [0.05, 0.1) is 12.2 Å². The molecule has 0 aromatic carbocycles. The molecule has 3 saturated carbocycles. The van der Waals surface area contributed by atoms with Crippen molar-refractivity contribution in [2.75, 3.05) is 0 Å². The highest BCUT2D eigenvalue weighted by atomic mass is 16.3. The molecule has 4 aliphatic rings. The number of rotatable bonds is 1. The summed E-state index contributed by atoms with van der Waals surface area (Å²) in [6.07, 6.45) is 5.18. The minimum Gasteiger partial charge on any atom is -0.393 e. The molecule has 0 aliphatic heterocycles. The molecular formula is C21H30O4. The van der Waals surface area contributed by atoms with Gasteiger partial charge in [-0.05, 0) is 55.8 Å². The predicted molar refractivity (Wildman–Crippen MR) is 93.7 cm³/mol. The van der Waals surface area contributed by atoms with E-state index < -0.39 is 17.6 Å². The van der Waals surface area contributed by atoms with E-state index in [4.69, 9.17) is 0 Å². The Kier molecular flexibility index (Phi) is 3.83. The summed E-state index contributed by atoms with van der Waals surface area (Å²) in [6, 6.07) is 0. The van der Waals surface area contributed by atoms with Crippen molar-refractivity contribution < 1.29 is 19.8 Å². The van der Waals surface area contributed by atoms with Gasteiger partial charge in [-0.2, -0.15) is 0 Å². The number of allylic oxidation sites excluding steroid dienone is 2. The summed E-state index contributed by atoms with van der Waals surface area (Å²) in [4.78, 5) is 24.1. The third kappa shape index (κ3) is 2.19. The first-order valence-electron chi connectivity index (χ1n) is 9.77. The van der Waals surface area contributed by atoms with Crippen LogP contribution in [0.5, 0.6) is 0 Å². The fourth-order valence-electron chi connectivity index (χ4n) is 7.13. The topological polar surface area (TPSA) is 74.6 Å². The van der Waals surface area contributed by atoms with Crippen molar-refractivity contribution in [3.05, 3.63) is 11.6 Å². The second kappa shape index (κ2) is 5.50. The van der Waals surface area contributed by atoms with Crippen LogP contribution in [0.1, 0.15) is 59.3 Å². The second-order valence-corrected chi connectivity index (χ2v) is 9.48. The Balaban J connectivity index is 1.76. The fourth-order valence-corrected chi connectivity index (χ4v) is 7.13. The van der Waals surface area contributed by atoms with Crippen LogP contribution in [0.25, 0.3) is 0 Å². The maximum absolute atomic E-state index is 12.2. The number of hydrogen-bond acceptors (Lipinski definition) is 4. The van der Waals surface area contributed by atoms with Crippen molar-refractivity contribution in [1.82, 2.24) is 0 Å². The maximum Gasteiger partial charge on any atom is 0.136 e. The van der Waals surface area contributed by atoms with Gasteiger partial charge in [0.25, 0.3) is 0 Å². The quantitative estimate of drug-likeness (QED) is 0.716. The average molecular weight is 346 g/mol. The van der Waals surface area contributed by atoms with Gasteiger partial charge in [0.1, 0.15) is 11.6 Å². The molecule has 3 fully saturated rings. The summed E-state index contributed by atoms with van der Waals surface area (Å²) < 4.78 is 0. The number of hydrogen-bond donors (Lipinski definition) is 2. The number of fused-ring (bicyclic) bond motifs is 5. The Labute approximate surface area is 149 Å². The lowest BCUT2D eigenvalue weighted by atomic mass is 9.46. The Morgan fingerprint density at radius 1 is 1.24 bits per heavy atom. The first kappa shape index (κ1) is 17.4. The number of aliphatic hydroxyl groups is 2. The molecule has 8 atom stereocenters. The lowest BCUT2D eigenvalue weighted by molar-refractivity contribution is -0.154. The molecule has 4 nitrogen and oxygen atoms in total. The third-order valence-corrected chi connectivity index (χ3v) is 8.52. The van der Waals surface area contributed by atoms with E-state index in [0.717, 1.165) is 12.8 Å². The van der Waals surface area contributed by atoms with Gasteiger partial charge in [-0.1, -0.05) is 25.5 Å². The highest BCUT2D eigenvalue weighted by Gasteiger charge is 2.65. The lowest BCUT2D eigenvalue weighted by Crippen LogP contribution is -2.58. The molecule has 4 aliphatic carbocycles. The molecule has 0 saturated heterocycles. The van der Waals surface area contributed by atoms with Crippen LogP contribution in [0, 0.1) is 34.5 Å². The van der Waals surface area contributed by atoms with E-state index in [0.29, 0.717) is 31.5 Å². The zero-order chi connectivity index (χ0) is 18.1. The summed E-state index contributed by atoms with van der Waals surface area (Å²) in [7, 11) is 0. The van der Waals surface area contributed by atoms with Crippen molar-refractivity contribution in [2.45, 2.75) is 71.5 Å². The largest absolute Gasteiger partial charge is 0.393 e. The number of ketones is 2. The SMILES string of the molecule is CC(=O)C1CC(O)C2C3CC=C4CC(=O)CC[C@]4(C)C3C[C@@H](O)[C@]12C. The summed E-state index contributed by atoms with van der Waals surface area (Å²) in [5, 5.41) is 22.0. The summed E-state index contributed by atoms with van der Waals surface area (Å²) in [5.41, 5.74) is 0.669. The van der Waals surface area contributed by atoms with Crippen LogP contribution in [0.3, 0.4) is 0 Å². The Morgan fingerprint density at radius 2 is 1.96 bits per heavy atom. The summed E-state index contributed by atoms with van der Waals surface area (Å²) in [5.74, 6) is 0.685. The smallest absolute Gasteiger partial charge is 0.136 e. The molecule has 0 bridgehead atoms. The van der Waals surface area contributed by atoms with E-state index in [2.05, 4.69) is 13.0 Å². The standard InChI is InChI=1S/C21H30O4/c1-11(22)15-9-17(24)19-14-5-4-12-8-13(23)6-7-20(12,2)16(14)10-18(25)21(15,19)3/h4,14-19,24-25H,5-10H2,1-3H3/t14?,15?,16?,17?,18-,19?,20+,21+/m1/s1. The highest BCUT2D eigenvalue weighted by Crippen LogP contribution is 2.66. The zero-order valence-corrected chi connectivity index (χ0v) is 15.5. The number of Topliss-reactive ketones (excluding diaryl/α,β-unsaturated/α-hetero) is 2. The maximum atomic E-state index is 12.2. The molecule has 0 radical (unpaired) electrons. The van der Waals surface area contributed by atoms with Gasteiger partial charge < -0.3 is 10.2 Å². The van der Waals surface area contributed by atoms with Crippen LogP contribution >= 0.6 is 0 Å². The van der Waals surface area contributed by atoms with Gasteiger partial charge >= 0.3 is 0 Å². The molecule has 4 rings (SSSR count). The number of carbonyl (C=O) groups excluding carboxylic acids is 2. The van der Waals surface area contributed by atoms with Gasteiger partial charge in [0.15, 0.2) is 0 Å². The fraction of sp³-hybridized carbons (Fsp3) is 0.810. The third-order valence-electron chi connectivity index (χ3n) is 8.52. The molecule has 0 spiro atoms. The van der Waals surface area contributed by atoms with Gasteiger partial charge in [-0.3, -0.25) is 9.59 Å². The minimum absolute atomic E-state index is 0.0394. The van der Waals surface area contributed by atoms with Crippen molar-refractivity contribution in [2.24, 2.45) is 34.5 Å². The monoisotopic (exact) mass is 346 g/mol. The number of aliphatic hydroxyl groups excluding tert-OH is 2. The van der Waals surface area contributed by atoms with Crippen molar-refractivity contribution >= 4 is 11.6 Å². The normalized spacial score (nSPS) is 52.0. The molecule has 2 N–H and O–H groups in total. The Morgan fingerprint density at radius 3 is 2.64 bits per heavy atom. The second-order valence-electron chi connectivity index (χ2n) is 9.48. The molecule has 5 unspecified atom stereocenters. The molecule has 0 heterocycles. The van der Waals surface area contributed by atoms with E-state index in [1.54, 1.807) is 6.92 Å². The molecule has 0 aromatic rings.